The number of ether oxygens (including phenoxy) is 2. The van der Waals surface area contributed by atoms with Gasteiger partial charge in [-0.25, -0.2) is 0 Å². The lowest BCUT2D eigenvalue weighted by Crippen LogP contribution is -2.25. The van der Waals surface area contributed by atoms with Crippen LogP contribution in [-0.4, -0.2) is 25.0 Å². The zero-order valence-corrected chi connectivity index (χ0v) is 13.2. The SMILES string of the molecule is O=C(NCCSc1ccccc1)c1cc(Cl)c2c(c1)OCO2. The van der Waals surface area contributed by atoms with E-state index < -0.39 is 0 Å². The molecule has 0 saturated carbocycles. The number of fused-ring (bicyclic) bond motifs is 1. The fraction of sp³-hybridized carbons (Fsp3) is 0.188. The van der Waals surface area contributed by atoms with Crippen LogP contribution < -0.4 is 14.8 Å². The quantitative estimate of drug-likeness (QED) is 0.670. The first-order valence-corrected chi connectivity index (χ1v) is 8.15. The molecule has 0 aromatic heterocycles. The van der Waals surface area contributed by atoms with E-state index in [0.717, 1.165) is 5.75 Å². The van der Waals surface area contributed by atoms with Crippen LogP contribution in [0.25, 0.3) is 0 Å². The molecule has 6 heteroatoms. The van der Waals surface area contributed by atoms with Gasteiger partial charge in [-0.3, -0.25) is 4.79 Å². The van der Waals surface area contributed by atoms with Gasteiger partial charge in [0.1, 0.15) is 0 Å². The molecule has 0 spiro atoms. The molecule has 0 bridgehead atoms. The molecule has 0 saturated heterocycles. The van der Waals surface area contributed by atoms with Gasteiger partial charge in [0, 0.05) is 22.8 Å². The Hall–Kier alpha value is -1.85. The van der Waals surface area contributed by atoms with Gasteiger partial charge in [0.2, 0.25) is 6.79 Å². The van der Waals surface area contributed by atoms with E-state index in [2.05, 4.69) is 5.32 Å². The molecular weight excluding hydrogens is 322 g/mol. The number of halogens is 1. The van der Waals surface area contributed by atoms with E-state index in [1.165, 1.54) is 4.90 Å². The highest BCUT2D eigenvalue weighted by atomic mass is 35.5. The monoisotopic (exact) mass is 335 g/mol. The van der Waals surface area contributed by atoms with E-state index in [9.17, 15) is 4.79 Å². The van der Waals surface area contributed by atoms with Crippen molar-refractivity contribution in [3.05, 3.63) is 53.1 Å². The van der Waals surface area contributed by atoms with Gasteiger partial charge in [-0.2, -0.15) is 0 Å². The van der Waals surface area contributed by atoms with Crippen LogP contribution in [0.2, 0.25) is 5.02 Å². The van der Waals surface area contributed by atoms with Crippen LogP contribution in [0.4, 0.5) is 0 Å². The molecular formula is C16H14ClNO3S. The van der Waals surface area contributed by atoms with E-state index in [1.54, 1.807) is 23.9 Å². The van der Waals surface area contributed by atoms with Gasteiger partial charge in [0.15, 0.2) is 11.5 Å². The molecule has 3 rings (SSSR count). The van der Waals surface area contributed by atoms with Crippen LogP contribution in [-0.2, 0) is 0 Å². The molecule has 1 N–H and O–H groups in total. The number of thioether (sulfide) groups is 1. The van der Waals surface area contributed by atoms with Crippen LogP contribution in [0.3, 0.4) is 0 Å². The average molecular weight is 336 g/mol. The molecule has 4 nitrogen and oxygen atoms in total. The molecule has 0 unspecified atom stereocenters. The first-order valence-electron chi connectivity index (χ1n) is 6.79. The van der Waals surface area contributed by atoms with Crippen LogP contribution in [0.15, 0.2) is 47.4 Å². The smallest absolute Gasteiger partial charge is 0.251 e. The lowest BCUT2D eigenvalue weighted by Gasteiger charge is -2.07. The van der Waals surface area contributed by atoms with E-state index in [4.69, 9.17) is 21.1 Å². The second-order valence-electron chi connectivity index (χ2n) is 4.61. The number of hydrogen-bond donors (Lipinski definition) is 1. The molecule has 2 aromatic carbocycles. The lowest BCUT2D eigenvalue weighted by molar-refractivity contribution is 0.0955. The Labute approximate surface area is 137 Å². The van der Waals surface area contributed by atoms with E-state index in [1.807, 2.05) is 30.3 Å². The Morgan fingerprint density at radius 1 is 1.23 bits per heavy atom. The molecule has 0 aliphatic carbocycles. The van der Waals surface area contributed by atoms with Gasteiger partial charge in [-0.15, -0.1) is 11.8 Å². The standard InChI is InChI=1S/C16H14ClNO3S/c17-13-8-11(9-14-15(13)21-10-20-14)16(19)18-6-7-22-12-4-2-1-3-5-12/h1-5,8-9H,6-7,10H2,(H,18,19). The summed E-state index contributed by atoms with van der Waals surface area (Å²) in [5.41, 5.74) is 0.471. The second kappa shape index (κ2) is 6.94. The molecule has 114 valence electrons. The van der Waals surface area contributed by atoms with Gasteiger partial charge in [0.05, 0.1) is 5.02 Å². The number of benzene rings is 2. The summed E-state index contributed by atoms with van der Waals surface area (Å²) >= 11 is 7.77. The van der Waals surface area contributed by atoms with Crippen molar-refractivity contribution in [3.8, 4) is 11.5 Å². The Morgan fingerprint density at radius 3 is 2.86 bits per heavy atom. The van der Waals surface area contributed by atoms with Crippen molar-refractivity contribution in [1.82, 2.24) is 5.32 Å². The summed E-state index contributed by atoms with van der Waals surface area (Å²) in [6.45, 7) is 0.707. The Balaban J connectivity index is 1.53. The molecule has 0 fully saturated rings. The molecule has 22 heavy (non-hydrogen) atoms. The van der Waals surface area contributed by atoms with Crippen molar-refractivity contribution in [3.63, 3.8) is 0 Å². The van der Waals surface area contributed by atoms with Crippen LogP contribution in [0.5, 0.6) is 11.5 Å². The molecule has 0 atom stereocenters. The van der Waals surface area contributed by atoms with Crippen molar-refractivity contribution >= 4 is 29.3 Å². The second-order valence-corrected chi connectivity index (χ2v) is 6.18. The summed E-state index contributed by atoms with van der Waals surface area (Å²) in [6, 6.07) is 13.3. The zero-order valence-electron chi connectivity index (χ0n) is 11.7. The largest absolute Gasteiger partial charge is 0.454 e. The molecule has 2 aromatic rings. The van der Waals surface area contributed by atoms with Gasteiger partial charge in [-0.1, -0.05) is 29.8 Å². The van der Waals surface area contributed by atoms with Crippen molar-refractivity contribution in [1.29, 1.82) is 0 Å². The number of rotatable bonds is 5. The minimum Gasteiger partial charge on any atom is -0.454 e. The summed E-state index contributed by atoms with van der Waals surface area (Å²) < 4.78 is 10.5. The fourth-order valence-corrected chi connectivity index (χ4v) is 3.11. The van der Waals surface area contributed by atoms with Gasteiger partial charge in [-0.05, 0) is 24.3 Å². The number of carbonyl (C=O) groups excluding carboxylic acids is 1. The normalized spacial score (nSPS) is 12.2. The number of carbonyl (C=O) groups is 1. The maximum Gasteiger partial charge on any atom is 0.251 e. The Kier molecular flexibility index (Phi) is 4.75. The van der Waals surface area contributed by atoms with Gasteiger partial charge >= 0.3 is 0 Å². The highest BCUT2D eigenvalue weighted by Gasteiger charge is 2.20. The Bertz CT molecular complexity index is 679. The predicted molar refractivity (Wildman–Crippen MR) is 87.1 cm³/mol. The van der Waals surface area contributed by atoms with Crippen molar-refractivity contribution in [2.45, 2.75) is 4.90 Å². The van der Waals surface area contributed by atoms with Crippen LogP contribution in [0, 0.1) is 0 Å². The lowest BCUT2D eigenvalue weighted by atomic mass is 10.2. The van der Waals surface area contributed by atoms with Crippen molar-refractivity contribution in [2.75, 3.05) is 19.1 Å². The van der Waals surface area contributed by atoms with Crippen LogP contribution >= 0.6 is 23.4 Å². The van der Waals surface area contributed by atoms with Gasteiger partial charge in [0.25, 0.3) is 5.91 Å². The third kappa shape index (κ3) is 3.48. The summed E-state index contributed by atoms with van der Waals surface area (Å²) in [6.07, 6.45) is 0. The number of hydrogen-bond acceptors (Lipinski definition) is 4. The summed E-state index contributed by atoms with van der Waals surface area (Å²) in [5.74, 6) is 1.64. The van der Waals surface area contributed by atoms with E-state index in [0.29, 0.717) is 28.6 Å². The third-order valence-electron chi connectivity index (χ3n) is 3.09. The molecule has 1 heterocycles. The predicted octanol–water partition coefficient (Wildman–Crippen LogP) is 3.59. The number of amides is 1. The van der Waals surface area contributed by atoms with Crippen LogP contribution in [0.1, 0.15) is 10.4 Å². The summed E-state index contributed by atoms with van der Waals surface area (Å²) in [5, 5.41) is 3.26. The van der Waals surface area contributed by atoms with E-state index >= 15 is 0 Å². The first kappa shape index (κ1) is 15.1. The Morgan fingerprint density at radius 2 is 2.05 bits per heavy atom. The summed E-state index contributed by atoms with van der Waals surface area (Å²) in [4.78, 5) is 13.3. The molecule has 0 radical (unpaired) electrons. The highest BCUT2D eigenvalue weighted by Crippen LogP contribution is 2.39. The molecule has 1 aliphatic rings. The molecule has 1 amide bonds. The molecule has 1 aliphatic heterocycles. The van der Waals surface area contributed by atoms with E-state index in [-0.39, 0.29) is 12.7 Å². The maximum atomic E-state index is 12.1. The average Bonchev–Trinajstić information content (AvgIpc) is 3.01. The fourth-order valence-electron chi connectivity index (χ4n) is 2.05. The number of nitrogens with one attached hydrogen (secondary N) is 1. The van der Waals surface area contributed by atoms with Gasteiger partial charge < -0.3 is 14.8 Å². The first-order chi connectivity index (χ1) is 10.7. The highest BCUT2D eigenvalue weighted by molar-refractivity contribution is 7.99. The minimum absolute atomic E-state index is 0.133. The zero-order chi connectivity index (χ0) is 15.4. The summed E-state index contributed by atoms with van der Waals surface area (Å²) in [7, 11) is 0. The minimum atomic E-state index is -0.172. The third-order valence-corrected chi connectivity index (χ3v) is 4.38. The maximum absolute atomic E-state index is 12.1. The van der Waals surface area contributed by atoms with Crippen molar-refractivity contribution in [2.24, 2.45) is 0 Å². The van der Waals surface area contributed by atoms with Crippen molar-refractivity contribution < 1.29 is 14.3 Å². The topological polar surface area (TPSA) is 47.6 Å².